The summed E-state index contributed by atoms with van der Waals surface area (Å²) in [4.78, 5) is 4.36. The third-order valence-electron chi connectivity index (χ3n) is 3.10. The van der Waals surface area contributed by atoms with Gasteiger partial charge in [0.05, 0.1) is 6.04 Å². The van der Waals surface area contributed by atoms with E-state index in [1.54, 1.807) is 0 Å². The highest BCUT2D eigenvalue weighted by atomic mass is 16.5. The number of nitrogens with zero attached hydrogens (tertiary/aromatic N) is 2. The lowest BCUT2D eigenvalue weighted by Crippen LogP contribution is -2.12. The van der Waals surface area contributed by atoms with E-state index in [0.717, 1.165) is 0 Å². The van der Waals surface area contributed by atoms with E-state index in [1.807, 2.05) is 18.2 Å². The SMILES string of the molecule is NC(c1nc(Cc2ccccc2)no1)C1CC1. The molecule has 1 saturated carbocycles. The molecule has 0 saturated heterocycles. The maximum Gasteiger partial charge on any atom is 0.243 e. The van der Waals surface area contributed by atoms with Crippen LogP contribution in [0.2, 0.25) is 0 Å². The van der Waals surface area contributed by atoms with Crippen LogP contribution in [0.25, 0.3) is 0 Å². The van der Waals surface area contributed by atoms with Crippen LogP contribution >= 0.6 is 0 Å². The minimum absolute atomic E-state index is 0.0768. The predicted octanol–water partition coefficient (Wildman–Crippen LogP) is 2.07. The van der Waals surface area contributed by atoms with Crippen molar-refractivity contribution in [3.63, 3.8) is 0 Å². The standard InChI is InChI=1S/C13H15N3O/c14-12(10-6-7-10)13-15-11(16-17-13)8-9-4-2-1-3-5-9/h1-5,10,12H,6-8,14H2. The van der Waals surface area contributed by atoms with Crippen molar-refractivity contribution in [1.82, 2.24) is 10.1 Å². The van der Waals surface area contributed by atoms with E-state index in [-0.39, 0.29) is 6.04 Å². The minimum atomic E-state index is -0.0768. The Morgan fingerprint density at radius 1 is 1.29 bits per heavy atom. The largest absolute Gasteiger partial charge is 0.338 e. The van der Waals surface area contributed by atoms with Gasteiger partial charge >= 0.3 is 0 Å². The number of hydrogen-bond acceptors (Lipinski definition) is 4. The smallest absolute Gasteiger partial charge is 0.243 e. The van der Waals surface area contributed by atoms with Gasteiger partial charge in [0, 0.05) is 6.42 Å². The second kappa shape index (κ2) is 4.30. The van der Waals surface area contributed by atoms with Gasteiger partial charge in [-0.15, -0.1) is 0 Å². The van der Waals surface area contributed by atoms with Gasteiger partial charge in [-0.1, -0.05) is 35.5 Å². The molecule has 2 aromatic rings. The van der Waals surface area contributed by atoms with Crippen molar-refractivity contribution in [3.05, 3.63) is 47.6 Å². The first-order chi connectivity index (χ1) is 8.33. The third-order valence-corrected chi connectivity index (χ3v) is 3.10. The summed E-state index contributed by atoms with van der Waals surface area (Å²) in [6.07, 6.45) is 3.05. The molecule has 1 aliphatic rings. The van der Waals surface area contributed by atoms with Gasteiger partial charge < -0.3 is 10.3 Å². The van der Waals surface area contributed by atoms with Crippen molar-refractivity contribution in [1.29, 1.82) is 0 Å². The molecular formula is C13H15N3O. The van der Waals surface area contributed by atoms with Crippen molar-refractivity contribution in [2.75, 3.05) is 0 Å². The Labute approximate surface area is 99.8 Å². The zero-order valence-electron chi connectivity index (χ0n) is 9.54. The monoisotopic (exact) mass is 229 g/mol. The van der Waals surface area contributed by atoms with Crippen LogP contribution in [0.15, 0.2) is 34.9 Å². The fourth-order valence-electron chi connectivity index (χ4n) is 1.91. The summed E-state index contributed by atoms with van der Waals surface area (Å²) in [5.41, 5.74) is 7.19. The molecule has 3 rings (SSSR count). The van der Waals surface area contributed by atoms with E-state index >= 15 is 0 Å². The van der Waals surface area contributed by atoms with Crippen molar-refractivity contribution >= 4 is 0 Å². The van der Waals surface area contributed by atoms with Crippen LogP contribution in [0.3, 0.4) is 0 Å². The highest BCUT2D eigenvalue weighted by molar-refractivity contribution is 5.18. The molecule has 4 nitrogen and oxygen atoms in total. The van der Waals surface area contributed by atoms with Crippen LogP contribution in [0, 0.1) is 5.92 Å². The van der Waals surface area contributed by atoms with Gasteiger partial charge in [-0.2, -0.15) is 4.98 Å². The summed E-state index contributed by atoms with van der Waals surface area (Å²) >= 11 is 0. The molecule has 1 heterocycles. The van der Waals surface area contributed by atoms with Crippen molar-refractivity contribution < 1.29 is 4.52 Å². The highest BCUT2D eigenvalue weighted by Gasteiger charge is 2.33. The average Bonchev–Trinajstić information content (AvgIpc) is 3.11. The summed E-state index contributed by atoms with van der Waals surface area (Å²) in [5.74, 6) is 1.83. The van der Waals surface area contributed by atoms with E-state index in [4.69, 9.17) is 10.3 Å². The molecule has 88 valence electrons. The van der Waals surface area contributed by atoms with E-state index < -0.39 is 0 Å². The molecule has 0 bridgehead atoms. The van der Waals surface area contributed by atoms with Gasteiger partial charge in [0.15, 0.2) is 5.82 Å². The topological polar surface area (TPSA) is 64.9 Å². The first kappa shape index (κ1) is 10.5. The van der Waals surface area contributed by atoms with Crippen LogP contribution in [0.5, 0.6) is 0 Å². The van der Waals surface area contributed by atoms with E-state index in [1.165, 1.54) is 18.4 Å². The first-order valence-electron chi connectivity index (χ1n) is 5.95. The zero-order valence-corrected chi connectivity index (χ0v) is 9.54. The zero-order chi connectivity index (χ0) is 11.7. The molecule has 0 aliphatic heterocycles. The first-order valence-corrected chi connectivity index (χ1v) is 5.95. The average molecular weight is 229 g/mol. The molecule has 1 fully saturated rings. The Morgan fingerprint density at radius 3 is 2.76 bits per heavy atom. The number of rotatable bonds is 4. The Kier molecular flexibility index (Phi) is 2.65. The molecule has 0 spiro atoms. The summed E-state index contributed by atoms with van der Waals surface area (Å²) in [6, 6.07) is 10.0. The molecule has 17 heavy (non-hydrogen) atoms. The Balaban J connectivity index is 1.72. The number of benzene rings is 1. The van der Waals surface area contributed by atoms with Gasteiger partial charge in [-0.25, -0.2) is 0 Å². The molecular weight excluding hydrogens is 214 g/mol. The second-order valence-electron chi connectivity index (χ2n) is 4.57. The third kappa shape index (κ3) is 2.36. The molecule has 4 heteroatoms. The van der Waals surface area contributed by atoms with E-state index in [9.17, 15) is 0 Å². The number of hydrogen-bond donors (Lipinski definition) is 1. The van der Waals surface area contributed by atoms with Crippen LogP contribution < -0.4 is 5.73 Å². The molecule has 1 unspecified atom stereocenters. The minimum Gasteiger partial charge on any atom is -0.338 e. The van der Waals surface area contributed by atoms with Crippen LogP contribution in [-0.4, -0.2) is 10.1 Å². The van der Waals surface area contributed by atoms with Gasteiger partial charge in [0.1, 0.15) is 0 Å². The summed E-state index contributed by atoms with van der Waals surface area (Å²) in [7, 11) is 0. The molecule has 1 atom stereocenters. The van der Waals surface area contributed by atoms with Crippen molar-refractivity contribution in [2.24, 2.45) is 11.7 Å². The van der Waals surface area contributed by atoms with Gasteiger partial charge in [0.25, 0.3) is 0 Å². The quantitative estimate of drug-likeness (QED) is 0.871. The van der Waals surface area contributed by atoms with Crippen molar-refractivity contribution in [2.45, 2.75) is 25.3 Å². The lowest BCUT2D eigenvalue weighted by atomic mass is 10.1. The molecule has 1 aromatic carbocycles. The predicted molar refractivity (Wildman–Crippen MR) is 63.2 cm³/mol. The Morgan fingerprint density at radius 2 is 2.06 bits per heavy atom. The summed E-state index contributed by atoms with van der Waals surface area (Å²) in [5, 5.41) is 3.98. The fourth-order valence-corrected chi connectivity index (χ4v) is 1.91. The fraction of sp³-hybridized carbons (Fsp3) is 0.385. The lowest BCUT2D eigenvalue weighted by molar-refractivity contribution is 0.340. The molecule has 1 aliphatic carbocycles. The molecule has 0 amide bonds. The number of aromatic nitrogens is 2. The summed E-state index contributed by atoms with van der Waals surface area (Å²) in [6.45, 7) is 0. The van der Waals surface area contributed by atoms with Crippen LogP contribution in [0.1, 0.15) is 36.2 Å². The Bertz CT molecular complexity index is 490. The van der Waals surface area contributed by atoms with Gasteiger partial charge in [-0.05, 0) is 24.3 Å². The summed E-state index contributed by atoms with van der Waals surface area (Å²) < 4.78 is 5.21. The molecule has 0 radical (unpaired) electrons. The lowest BCUT2D eigenvalue weighted by Gasteiger charge is -2.01. The number of nitrogens with two attached hydrogens (primary N) is 1. The van der Waals surface area contributed by atoms with Crippen molar-refractivity contribution in [3.8, 4) is 0 Å². The maximum atomic E-state index is 6.01. The molecule has 2 N–H and O–H groups in total. The van der Waals surface area contributed by atoms with Crippen LogP contribution in [0.4, 0.5) is 0 Å². The van der Waals surface area contributed by atoms with E-state index in [2.05, 4.69) is 22.3 Å². The maximum absolute atomic E-state index is 6.01. The van der Waals surface area contributed by atoms with Crippen LogP contribution in [-0.2, 0) is 6.42 Å². The highest BCUT2D eigenvalue weighted by Crippen LogP contribution is 2.38. The van der Waals surface area contributed by atoms with E-state index in [0.29, 0.717) is 24.1 Å². The normalized spacial score (nSPS) is 17.0. The second-order valence-corrected chi connectivity index (χ2v) is 4.57. The molecule has 1 aromatic heterocycles. The van der Waals surface area contributed by atoms with Gasteiger partial charge in [-0.3, -0.25) is 0 Å². The Hall–Kier alpha value is -1.68. The van der Waals surface area contributed by atoms with Gasteiger partial charge in [0.2, 0.25) is 5.89 Å².